The Bertz CT molecular complexity index is 2490. The molecule has 51 heavy (non-hydrogen) atoms. The molecule has 1 aliphatic carbocycles. The first-order chi connectivity index (χ1) is 25.2. The molecule has 1 heterocycles. The lowest BCUT2D eigenvalue weighted by Crippen LogP contribution is -1.93. The third kappa shape index (κ3) is 7.44. The van der Waals surface area contributed by atoms with Crippen LogP contribution in [0.4, 0.5) is 0 Å². The number of fused-ring (bicyclic) bond motifs is 4. The Morgan fingerprint density at radius 2 is 1.47 bits per heavy atom. The summed E-state index contributed by atoms with van der Waals surface area (Å²) in [5.41, 5.74) is 10.4. The summed E-state index contributed by atoms with van der Waals surface area (Å²) in [6, 6.07) is 40.9. The van der Waals surface area contributed by atoms with Gasteiger partial charge in [-0.25, -0.2) is 0 Å². The summed E-state index contributed by atoms with van der Waals surface area (Å²) in [6.45, 7) is 6.30. The topological polar surface area (TPSA) is 4.93 Å². The zero-order valence-corrected chi connectivity index (χ0v) is 29.0. The van der Waals surface area contributed by atoms with Gasteiger partial charge in [0.05, 0.1) is 11.0 Å². The maximum atomic E-state index is 4.20. The summed E-state index contributed by atoms with van der Waals surface area (Å²) in [4.78, 5) is 0. The zero-order valence-electron chi connectivity index (χ0n) is 29.0. The molecule has 0 aliphatic heterocycles. The fraction of sp³-hybridized carbons (Fsp3) is 0.0400. The molecule has 0 saturated heterocycles. The predicted octanol–water partition coefficient (Wildman–Crippen LogP) is 13.6. The number of hydrogen-bond acceptors (Lipinski definition) is 0. The molecule has 0 spiro atoms. The van der Waals surface area contributed by atoms with Gasteiger partial charge in [0.2, 0.25) is 0 Å². The van der Waals surface area contributed by atoms with E-state index >= 15 is 0 Å². The number of rotatable bonds is 8. The lowest BCUT2D eigenvalue weighted by molar-refractivity contribution is 1.18. The molecule has 0 bridgehead atoms. The van der Waals surface area contributed by atoms with Crippen LogP contribution >= 0.6 is 0 Å². The Balaban J connectivity index is 1.16. The SMILES string of the molecule is C=CC(=C\C=C\c1ccc2c3ccccc3n(-c3ccccc3)c2c1)/C(=C/C)C1=CC\C=C/C=C/C(=C\C=C\c2cccc3ccccc23)C=C1. The summed E-state index contributed by atoms with van der Waals surface area (Å²) in [6.07, 6.45) is 33.2. The molecule has 0 fully saturated rings. The van der Waals surface area contributed by atoms with Crippen LogP contribution in [0.5, 0.6) is 0 Å². The molecule has 1 aromatic heterocycles. The molecule has 6 aromatic rings. The largest absolute Gasteiger partial charge is 0.309 e. The van der Waals surface area contributed by atoms with Crippen molar-refractivity contribution in [3.05, 3.63) is 234 Å². The van der Waals surface area contributed by atoms with E-state index in [1.54, 1.807) is 0 Å². The van der Waals surface area contributed by atoms with Gasteiger partial charge in [0, 0.05) is 16.5 Å². The molecule has 1 nitrogen and oxygen atoms in total. The first-order valence-corrected chi connectivity index (χ1v) is 17.6. The van der Waals surface area contributed by atoms with Gasteiger partial charge in [0.1, 0.15) is 0 Å². The average molecular weight is 656 g/mol. The summed E-state index contributed by atoms with van der Waals surface area (Å²) in [5, 5.41) is 5.01. The summed E-state index contributed by atoms with van der Waals surface area (Å²) in [7, 11) is 0. The Morgan fingerprint density at radius 1 is 0.686 bits per heavy atom. The highest BCUT2D eigenvalue weighted by molar-refractivity contribution is 6.09. The van der Waals surface area contributed by atoms with Crippen molar-refractivity contribution < 1.29 is 0 Å². The van der Waals surface area contributed by atoms with Crippen LogP contribution in [0.15, 0.2) is 223 Å². The Kier molecular flexibility index (Phi) is 10.3. The van der Waals surface area contributed by atoms with Crippen molar-refractivity contribution in [1.82, 2.24) is 4.57 Å². The van der Waals surface area contributed by atoms with Crippen LogP contribution in [0.2, 0.25) is 0 Å². The zero-order chi connectivity index (χ0) is 34.8. The Hall–Kier alpha value is -6.44. The molecule has 7 rings (SSSR count). The maximum Gasteiger partial charge on any atom is 0.0547 e. The van der Waals surface area contributed by atoms with Crippen LogP contribution in [0.3, 0.4) is 0 Å². The first-order valence-electron chi connectivity index (χ1n) is 17.6. The van der Waals surface area contributed by atoms with Crippen molar-refractivity contribution >= 4 is 44.7 Å². The van der Waals surface area contributed by atoms with Gasteiger partial charge >= 0.3 is 0 Å². The minimum atomic E-state index is 0.844. The molecule has 0 radical (unpaired) electrons. The van der Waals surface area contributed by atoms with Gasteiger partial charge in [-0.1, -0.05) is 189 Å². The maximum absolute atomic E-state index is 4.20. The highest BCUT2D eigenvalue weighted by Crippen LogP contribution is 2.33. The van der Waals surface area contributed by atoms with Gasteiger partial charge in [0.15, 0.2) is 0 Å². The number of benzene rings is 5. The fourth-order valence-corrected chi connectivity index (χ4v) is 6.78. The van der Waals surface area contributed by atoms with Crippen LogP contribution in [-0.4, -0.2) is 4.57 Å². The minimum absolute atomic E-state index is 0.844. The van der Waals surface area contributed by atoms with Crippen molar-refractivity contribution in [3.8, 4) is 5.69 Å². The van der Waals surface area contributed by atoms with E-state index in [0.29, 0.717) is 0 Å². The van der Waals surface area contributed by atoms with Crippen molar-refractivity contribution in [2.45, 2.75) is 13.3 Å². The lowest BCUT2D eigenvalue weighted by atomic mass is 9.94. The van der Waals surface area contributed by atoms with Gasteiger partial charge in [-0.2, -0.15) is 0 Å². The molecule has 1 heteroatoms. The van der Waals surface area contributed by atoms with Crippen molar-refractivity contribution in [3.63, 3.8) is 0 Å². The third-order valence-electron chi connectivity index (χ3n) is 9.26. The Morgan fingerprint density at radius 3 is 2.33 bits per heavy atom. The van der Waals surface area contributed by atoms with Gasteiger partial charge in [-0.05, 0) is 81.8 Å². The molecule has 0 N–H and O–H groups in total. The normalized spacial score (nSPS) is 16.4. The minimum Gasteiger partial charge on any atom is -0.309 e. The third-order valence-corrected chi connectivity index (χ3v) is 9.26. The summed E-state index contributed by atoms with van der Waals surface area (Å²) < 4.78 is 2.36. The van der Waals surface area contributed by atoms with E-state index in [1.807, 2.05) is 6.08 Å². The van der Waals surface area contributed by atoms with Crippen LogP contribution in [0.1, 0.15) is 24.5 Å². The second-order valence-corrected chi connectivity index (χ2v) is 12.5. The van der Waals surface area contributed by atoms with Crippen LogP contribution in [0.25, 0.3) is 50.4 Å². The number of hydrogen-bond donors (Lipinski definition) is 0. The monoisotopic (exact) mass is 655 g/mol. The van der Waals surface area contributed by atoms with Crippen molar-refractivity contribution in [1.29, 1.82) is 0 Å². The van der Waals surface area contributed by atoms with Gasteiger partial charge in [-0.3, -0.25) is 0 Å². The van der Waals surface area contributed by atoms with E-state index in [2.05, 4.69) is 218 Å². The van der Waals surface area contributed by atoms with Crippen molar-refractivity contribution in [2.75, 3.05) is 0 Å². The molecule has 0 saturated carbocycles. The fourth-order valence-electron chi connectivity index (χ4n) is 6.78. The molecule has 5 aromatic carbocycles. The van der Waals surface area contributed by atoms with Crippen LogP contribution in [0, 0.1) is 0 Å². The van der Waals surface area contributed by atoms with E-state index in [-0.39, 0.29) is 0 Å². The first kappa shape index (κ1) is 33.1. The lowest BCUT2D eigenvalue weighted by Gasteiger charge is -2.10. The standard InChI is InChI=1S/C50H41N/c1-3-40(24-17-21-39-34-36-48-47-31-14-15-32-49(47)51(50(48)37-39)44-28-10-7-11-29-44)45(4-2)43-22-9-6-5-8-19-38(33-35-43)20-16-25-42-27-18-26-41-23-12-13-30-46(41)42/h3-8,10-37H,1,9H2,2H3/b6-5-,19-8+,21-17+,25-16+,35-33?,38-20+,40-24+,43-22?,45-4-. The van der Waals surface area contributed by atoms with Crippen LogP contribution < -0.4 is 0 Å². The van der Waals surface area contributed by atoms with E-state index in [1.165, 1.54) is 38.1 Å². The van der Waals surface area contributed by atoms with E-state index in [9.17, 15) is 0 Å². The second kappa shape index (κ2) is 15.8. The Labute approximate surface area is 301 Å². The molecule has 0 unspecified atom stereocenters. The van der Waals surface area contributed by atoms with Crippen LogP contribution in [-0.2, 0) is 0 Å². The molecule has 0 amide bonds. The van der Waals surface area contributed by atoms with Gasteiger partial charge in [0.25, 0.3) is 0 Å². The van der Waals surface area contributed by atoms with E-state index < -0.39 is 0 Å². The van der Waals surface area contributed by atoms with Crippen molar-refractivity contribution in [2.24, 2.45) is 0 Å². The quantitative estimate of drug-likeness (QED) is 0.144. The second-order valence-electron chi connectivity index (χ2n) is 12.5. The molecular formula is C50H41N. The molecule has 0 atom stereocenters. The number of para-hydroxylation sites is 2. The highest BCUT2D eigenvalue weighted by atomic mass is 15.0. The summed E-state index contributed by atoms with van der Waals surface area (Å²) >= 11 is 0. The highest BCUT2D eigenvalue weighted by Gasteiger charge is 2.12. The smallest absolute Gasteiger partial charge is 0.0547 e. The molecular weight excluding hydrogens is 615 g/mol. The molecule has 1 aliphatic rings. The van der Waals surface area contributed by atoms with E-state index in [0.717, 1.165) is 40.0 Å². The predicted molar refractivity (Wildman–Crippen MR) is 223 cm³/mol. The number of aromatic nitrogens is 1. The van der Waals surface area contributed by atoms with Gasteiger partial charge < -0.3 is 4.57 Å². The average Bonchev–Trinajstić information content (AvgIpc) is 3.51. The summed E-state index contributed by atoms with van der Waals surface area (Å²) in [5.74, 6) is 0. The molecule has 246 valence electrons. The number of nitrogens with zero attached hydrogens (tertiary/aromatic N) is 1. The number of allylic oxidation sites excluding steroid dienone is 17. The van der Waals surface area contributed by atoms with E-state index in [4.69, 9.17) is 0 Å². The van der Waals surface area contributed by atoms with Gasteiger partial charge in [-0.15, -0.1) is 0 Å².